The Labute approximate surface area is 175 Å². The molecule has 0 aromatic heterocycles. The fourth-order valence-electron chi connectivity index (χ4n) is 2.86. The molecule has 0 heterocycles. The van der Waals surface area contributed by atoms with Crippen LogP contribution >= 0.6 is 0 Å². The summed E-state index contributed by atoms with van der Waals surface area (Å²) in [6.45, 7) is 15.4. The molecule has 0 aliphatic carbocycles. The van der Waals surface area contributed by atoms with Gasteiger partial charge >= 0.3 is 6.09 Å². The number of rotatable bonds is 11. The summed E-state index contributed by atoms with van der Waals surface area (Å²) < 4.78 is 5.26. The van der Waals surface area contributed by atoms with Crippen LogP contribution in [0, 0.1) is 11.8 Å². The van der Waals surface area contributed by atoms with Gasteiger partial charge in [-0.05, 0) is 52.4 Å². The van der Waals surface area contributed by atoms with Gasteiger partial charge in [0.25, 0.3) is 0 Å². The summed E-state index contributed by atoms with van der Waals surface area (Å²) in [5.41, 5.74) is -0.675. The van der Waals surface area contributed by atoms with E-state index in [4.69, 9.17) is 4.74 Å². The lowest BCUT2D eigenvalue weighted by atomic mass is 9.96. The van der Waals surface area contributed by atoms with Crippen LogP contribution in [0.4, 0.5) is 4.79 Å². The van der Waals surface area contributed by atoms with E-state index in [9.17, 15) is 19.5 Å². The van der Waals surface area contributed by atoms with Crippen molar-refractivity contribution in [3.63, 3.8) is 0 Å². The quantitative estimate of drug-likeness (QED) is 0.413. The molecule has 0 aliphatic rings. The van der Waals surface area contributed by atoms with Crippen molar-refractivity contribution >= 4 is 17.9 Å². The Morgan fingerprint density at radius 2 is 1.52 bits per heavy atom. The van der Waals surface area contributed by atoms with Gasteiger partial charge in [0, 0.05) is 6.54 Å². The van der Waals surface area contributed by atoms with E-state index in [0.717, 1.165) is 0 Å². The van der Waals surface area contributed by atoms with Gasteiger partial charge in [-0.2, -0.15) is 0 Å². The number of amides is 3. The minimum Gasteiger partial charge on any atom is -0.444 e. The Hall–Kier alpha value is -1.83. The molecule has 0 rings (SSSR count). The Kier molecular flexibility index (Phi) is 11.9. The van der Waals surface area contributed by atoms with E-state index in [1.807, 2.05) is 27.7 Å². The normalized spacial score (nSPS) is 14.9. The third-order valence-corrected chi connectivity index (χ3v) is 4.00. The summed E-state index contributed by atoms with van der Waals surface area (Å²) in [6.07, 6.45) is -0.852. The zero-order chi connectivity index (χ0) is 22.8. The van der Waals surface area contributed by atoms with Gasteiger partial charge in [0.2, 0.25) is 11.8 Å². The van der Waals surface area contributed by atoms with Gasteiger partial charge < -0.3 is 25.8 Å². The van der Waals surface area contributed by atoms with Crippen molar-refractivity contribution in [1.29, 1.82) is 0 Å². The van der Waals surface area contributed by atoms with E-state index in [0.29, 0.717) is 19.4 Å². The van der Waals surface area contributed by atoms with E-state index in [1.54, 1.807) is 27.7 Å². The number of ether oxygens (including phenoxy) is 1. The molecule has 170 valence electrons. The molecule has 0 saturated carbocycles. The van der Waals surface area contributed by atoms with Crippen molar-refractivity contribution in [2.75, 3.05) is 6.54 Å². The molecule has 0 saturated heterocycles. The smallest absolute Gasteiger partial charge is 0.408 e. The number of carbonyl (C=O) groups excluding carboxylic acids is 3. The second-order valence-corrected chi connectivity index (χ2v) is 9.30. The van der Waals surface area contributed by atoms with Crippen LogP contribution in [0.3, 0.4) is 0 Å². The molecular weight excluding hydrogens is 374 g/mol. The number of alkyl carbamates (subject to hydrolysis) is 1. The highest BCUT2D eigenvalue weighted by atomic mass is 16.6. The highest BCUT2D eigenvalue weighted by Crippen LogP contribution is 2.14. The molecule has 0 aromatic rings. The molecule has 3 atom stereocenters. The van der Waals surface area contributed by atoms with Crippen molar-refractivity contribution in [2.45, 2.75) is 98.4 Å². The fourth-order valence-corrected chi connectivity index (χ4v) is 2.86. The largest absolute Gasteiger partial charge is 0.444 e. The lowest BCUT2D eigenvalue weighted by Crippen LogP contribution is -2.54. The van der Waals surface area contributed by atoms with Gasteiger partial charge in [0.15, 0.2) is 0 Å². The first-order valence-electron chi connectivity index (χ1n) is 10.5. The molecule has 0 radical (unpaired) electrons. The van der Waals surface area contributed by atoms with E-state index in [-0.39, 0.29) is 24.2 Å². The Bertz CT molecular complexity index is 529. The van der Waals surface area contributed by atoms with Gasteiger partial charge in [-0.1, -0.05) is 27.7 Å². The summed E-state index contributed by atoms with van der Waals surface area (Å²) >= 11 is 0. The van der Waals surface area contributed by atoms with E-state index < -0.39 is 35.8 Å². The summed E-state index contributed by atoms with van der Waals surface area (Å²) in [7, 11) is 0. The first-order chi connectivity index (χ1) is 13.2. The van der Waals surface area contributed by atoms with Crippen molar-refractivity contribution in [1.82, 2.24) is 16.0 Å². The number of carbonyl (C=O) groups is 3. The lowest BCUT2D eigenvalue weighted by Gasteiger charge is -2.29. The third kappa shape index (κ3) is 13.1. The van der Waals surface area contributed by atoms with Crippen LogP contribution in [0.5, 0.6) is 0 Å². The van der Waals surface area contributed by atoms with E-state index >= 15 is 0 Å². The first-order valence-corrected chi connectivity index (χ1v) is 10.5. The van der Waals surface area contributed by atoms with Crippen LogP contribution in [0.2, 0.25) is 0 Å². The van der Waals surface area contributed by atoms with Crippen molar-refractivity contribution in [3.05, 3.63) is 0 Å². The van der Waals surface area contributed by atoms with E-state index in [2.05, 4.69) is 16.0 Å². The second kappa shape index (κ2) is 12.7. The molecule has 4 N–H and O–H groups in total. The van der Waals surface area contributed by atoms with Gasteiger partial charge in [-0.25, -0.2) is 4.79 Å². The lowest BCUT2D eigenvalue weighted by molar-refractivity contribution is -0.127. The fraction of sp³-hybridized carbons (Fsp3) is 0.857. The number of hydrogen-bond acceptors (Lipinski definition) is 5. The van der Waals surface area contributed by atoms with Gasteiger partial charge in [0.05, 0.1) is 18.6 Å². The molecule has 2 unspecified atom stereocenters. The number of aliphatic hydroxyl groups is 1. The van der Waals surface area contributed by atoms with Crippen LogP contribution in [-0.2, 0) is 14.3 Å². The number of aliphatic hydroxyl groups excluding tert-OH is 1. The predicted octanol–water partition coefficient (Wildman–Crippen LogP) is 2.34. The molecule has 8 heteroatoms. The highest BCUT2D eigenvalue weighted by Gasteiger charge is 2.30. The standard InChI is InChI=1S/C21H41N3O5/c1-9-22-18(26)12-17(25)15(10-13(2)3)23-19(27)16(11-14(4)5)24-20(28)29-21(6,7)8/h13-17,25H,9-12H2,1-8H3,(H,22,26)(H,23,27)(H,24,28)/t15?,16-,17?/m0/s1. The van der Waals surface area contributed by atoms with Crippen molar-refractivity contribution in [2.24, 2.45) is 11.8 Å². The molecule has 0 aromatic carbocycles. The topological polar surface area (TPSA) is 117 Å². The van der Waals surface area contributed by atoms with Crippen LogP contribution < -0.4 is 16.0 Å². The monoisotopic (exact) mass is 415 g/mol. The predicted molar refractivity (Wildman–Crippen MR) is 113 cm³/mol. The summed E-state index contributed by atoms with van der Waals surface area (Å²) in [4.78, 5) is 36.9. The minimum absolute atomic E-state index is 0.0974. The second-order valence-electron chi connectivity index (χ2n) is 9.30. The Morgan fingerprint density at radius 1 is 0.966 bits per heavy atom. The number of nitrogens with one attached hydrogen (secondary N) is 3. The van der Waals surface area contributed by atoms with Crippen molar-refractivity contribution < 1.29 is 24.2 Å². The van der Waals surface area contributed by atoms with Gasteiger partial charge in [-0.15, -0.1) is 0 Å². The van der Waals surface area contributed by atoms with Crippen LogP contribution in [0.15, 0.2) is 0 Å². The van der Waals surface area contributed by atoms with E-state index in [1.165, 1.54) is 0 Å². The van der Waals surface area contributed by atoms with Gasteiger partial charge in [0.1, 0.15) is 11.6 Å². The zero-order valence-electron chi connectivity index (χ0n) is 19.3. The average molecular weight is 416 g/mol. The summed E-state index contributed by atoms with van der Waals surface area (Å²) in [5, 5.41) is 18.6. The molecule has 0 aliphatic heterocycles. The van der Waals surface area contributed by atoms with Crippen LogP contribution in [-0.4, -0.2) is 53.3 Å². The first kappa shape index (κ1) is 27.2. The number of hydrogen-bond donors (Lipinski definition) is 4. The molecule has 29 heavy (non-hydrogen) atoms. The minimum atomic E-state index is -1.02. The summed E-state index contributed by atoms with van der Waals surface area (Å²) in [5.74, 6) is -0.310. The maximum absolute atomic E-state index is 12.9. The molecule has 8 nitrogen and oxygen atoms in total. The molecular formula is C21H41N3O5. The molecule has 0 bridgehead atoms. The third-order valence-electron chi connectivity index (χ3n) is 4.00. The van der Waals surface area contributed by atoms with Gasteiger partial charge in [-0.3, -0.25) is 9.59 Å². The van der Waals surface area contributed by atoms with Crippen molar-refractivity contribution in [3.8, 4) is 0 Å². The zero-order valence-corrected chi connectivity index (χ0v) is 19.3. The maximum Gasteiger partial charge on any atom is 0.408 e. The molecule has 0 fully saturated rings. The SMILES string of the molecule is CCNC(=O)CC(O)C(CC(C)C)NC(=O)[C@H](CC(C)C)NC(=O)OC(C)(C)C. The van der Waals surface area contributed by atoms with Crippen LogP contribution in [0.25, 0.3) is 0 Å². The molecule has 3 amide bonds. The Balaban J connectivity index is 5.23. The van der Waals surface area contributed by atoms with Crippen LogP contribution in [0.1, 0.15) is 74.7 Å². The summed E-state index contributed by atoms with van der Waals surface area (Å²) in [6, 6.07) is -1.39. The molecule has 0 spiro atoms. The average Bonchev–Trinajstić information content (AvgIpc) is 2.50. The highest BCUT2D eigenvalue weighted by molar-refractivity contribution is 5.86. The maximum atomic E-state index is 12.9. The Morgan fingerprint density at radius 3 is 1.97 bits per heavy atom.